The molecule has 0 atom stereocenters. The topological polar surface area (TPSA) is 29.1 Å². The molecular weight excluding hydrogens is 381 g/mol. The van der Waals surface area contributed by atoms with Gasteiger partial charge < -0.3 is 5.32 Å². The van der Waals surface area contributed by atoms with Gasteiger partial charge in [-0.15, -0.1) is 0 Å². The summed E-state index contributed by atoms with van der Waals surface area (Å²) in [5, 5.41) is 1.27. The standard InChI is InChI=1S/C15H14F9NO/c16-12(17,13(18,19)14(20,21)15(22,23)24)11(26)25-9-5-4-8-10-6-2-1-3-7-10/h1-3,6-7H,4-5,8-9H2,(H,25,26). The molecule has 0 radical (unpaired) electrons. The smallest absolute Gasteiger partial charge is 0.351 e. The fourth-order valence-electron chi connectivity index (χ4n) is 1.93. The van der Waals surface area contributed by atoms with E-state index in [-0.39, 0.29) is 6.42 Å². The second-order valence-electron chi connectivity index (χ2n) is 5.42. The van der Waals surface area contributed by atoms with Gasteiger partial charge in [-0.1, -0.05) is 30.3 Å². The molecule has 0 bridgehead atoms. The Bertz CT molecular complexity index is 599. The first kappa shape index (κ1) is 22.1. The first-order chi connectivity index (χ1) is 11.7. The molecule has 1 aromatic carbocycles. The number of hydrogen-bond donors (Lipinski definition) is 1. The number of alkyl halides is 9. The number of unbranched alkanes of at least 4 members (excludes halogenated alkanes) is 1. The van der Waals surface area contributed by atoms with Crippen LogP contribution >= 0.6 is 0 Å². The summed E-state index contributed by atoms with van der Waals surface area (Å²) in [6, 6.07) is 8.74. The lowest BCUT2D eigenvalue weighted by Gasteiger charge is -2.32. The van der Waals surface area contributed by atoms with Crippen LogP contribution in [0.2, 0.25) is 0 Å². The zero-order valence-corrected chi connectivity index (χ0v) is 13.0. The minimum atomic E-state index is -7.08. The first-order valence-corrected chi connectivity index (χ1v) is 7.27. The molecule has 1 rings (SSSR count). The average molecular weight is 395 g/mol. The summed E-state index contributed by atoms with van der Waals surface area (Å²) in [4.78, 5) is 11.1. The van der Waals surface area contributed by atoms with Crippen LogP contribution in [0, 0.1) is 0 Å². The van der Waals surface area contributed by atoms with Crippen LogP contribution < -0.4 is 5.32 Å². The Morgan fingerprint density at radius 3 is 1.85 bits per heavy atom. The van der Waals surface area contributed by atoms with Crippen molar-refractivity contribution < 1.29 is 44.3 Å². The largest absolute Gasteiger partial charge is 0.460 e. The van der Waals surface area contributed by atoms with Crippen molar-refractivity contribution in [1.82, 2.24) is 5.32 Å². The molecule has 0 saturated heterocycles. The summed E-state index contributed by atoms with van der Waals surface area (Å²) < 4.78 is 114. The number of nitrogens with one attached hydrogen (secondary N) is 1. The molecule has 1 amide bonds. The highest BCUT2D eigenvalue weighted by Crippen LogP contribution is 2.53. The molecule has 2 nitrogen and oxygen atoms in total. The van der Waals surface area contributed by atoms with E-state index < -0.39 is 36.4 Å². The molecule has 0 spiro atoms. The van der Waals surface area contributed by atoms with Crippen LogP contribution in [-0.2, 0) is 11.2 Å². The lowest BCUT2D eigenvalue weighted by atomic mass is 10.0. The normalized spacial score (nSPS) is 13.6. The Balaban J connectivity index is 2.61. The third-order valence-corrected chi connectivity index (χ3v) is 3.45. The Labute approximate surface area is 142 Å². The summed E-state index contributed by atoms with van der Waals surface area (Å²) in [6.07, 6.45) is -6.12. The molecular formula is C15H14F9NO. The minimum absolute atomic E-state index is 0.0257. The van der Waals surface area contributed by atoms with Crippen LogP contribution in [0.1, 0.15) is 18.4 Å². The fraction of sp³-hybridized carbons (Fsp3) is 0.533. The molecule has 11 heteroatoms. The van der Waals surface area contributed by atoms with Gasteiger partial charge in [0, 0.05) is 6.54 Å². The monoisotopic (exact) mass is 395 g/mol. The van der Waals surface area contributed by atoms with Gasteiger partial charge in [0.25, 0.3) is 5.91 Å². The van der Waals surface area contributed by atoms with Crippen LogP contribution in [0.5, 0.6) is 0 Å². The lowest BCUT2D eigenvalue weighted by molar-refractivity contribution is -0.388. The summed E-state index contributed by atoms with van der Waals surface area (Å²) >= 11 is 0. The maximum atomic E-state index is 13.3. The summed E-state index contributed by atoms with van der Waals surface area (Å²) in [5.41, 5.74) is 0.875. The van der Waals surface area contributed by atoms with Gasteiger partial charge in [0.15, 0.2) is 0 Å². The second kappa shape index (κ2) is 7.75. The van der Waals surface area contributed by atoms with Crippen molar-refractivity contribution in [2.24, 2.45) is 0 Å². The molecule has 1 N–H and O–H groups in total. The van der Waals surface area contributed by atoms with Crippen LogP contribution in [-0.4, -0.2) is 36.4 Å². The number of carbonyl (C=O) groups excluding carboxylic acids is 1. The Kier molecular flexibility index (Phi) is 6.59. The lowest BCUT2D eigenvalue weighted by Crippen LogP contribution is -2.65. The Morgan fingerprint density at radius 1 is 0.808 bits per heavy atom. The molecule has 148 valence electrons. The number of halogens is 9. The van der Waals surface area contributed by atoms with Crippen molar-refractivity contribution in [1.29, 1.82) is 0 Å². The van der Waals surface area contributed by atoms with E-state index >= 15 is 0 Å². The van der Waals surface area contributed by atoms with Crippen molar-refractivity contribution in [3.63, 3.8) is 0 Å². The van der Waals surface area contributed by atoms with Crippen molar-refractivity contribution in [2.45, 2.75) is 43.2 Å². The van der Waals surface area contributed by atoms with Crippen molar-refractivity contribution in [2.75, 3.05) is 6.54 Å². The minimum Gasteiger partial charge on any atom is -0.351 e. The number of benzene rings is 1. The molecule has 26 heavy (non-hydrogen) atoms. The maximum Gasteiger partial charge on any atom is 0.460 e. The average Bonchev–Trinajstić information content (AvgIpc) is 2.53. The van der Waals surface area contributed by atoms with E-state index in [1.54, 1.807) is 30.3 Å². The van der Waals surface area contributed by atoms with E-state index in [0.29, 0.717) is 12.8 Å². The van der Waals surface area contributed by atoms with Crippen molar-refractivity contribution >= 4 is 5.91 Å². The predicted molar refractivity (Wildman–Crippen MR) is 73.3 cm³/mol. The van der Waals surface area contributed by atoms with Gasteiger partial charge in [0.1, 0.15) is 0 Å². The van der Waals surface area contributed by atoms with Gasteiger partial charge in [0.05, 0.1) is 0 Å². The fourth-order valence-corrected chi connectivity index (χ4v) is 1.93. The molecule has 0 unspecified atom stereocenters. The Morgan fingerprint density at radius 2 is 1.35 bits per heavy atom. The van der Waals surface area contributed by atoms with Crippen LogP contribution in [0.15, 0.2) is 30.3 Å². The van der Waals surface area contributed by atoms with Crippen LogP contribution in [0.4, 0.5) is 39.5 Å². The third-order valence-electron chi connectivity index (χ3n) is 3.45. The van der Waals surface area contributed by atoms with Gasteiger partial charge in [-0.05, 0) is 24.8 Å². The molecule has 0 aliphatic rings. The van der Waals surface area contributed by atoms with Gasteiger partial charge in [-0.25, -0.2) is 0 Å². The number of aryl methyl sites for hydroxylation is 1. The summed E-state index contributed by atoms with van der Waals surface area (Å²) in [7, 11) is 0. The molecule has 0 aromatic heterocycles. The molecule has 1 aromatic rings. The van der Waals surface area contributed by atoms with E-state index in [4.69, 9.17) is 0 Å². The van der Waals surface area contributed by atoms with E-state index in [0.717, 1.165) is 5.56 Å². The third kappa shape index (κ3) is 4.42. The number of rotatable bonds is 8. The highest BCUT2D eigenvalue weighted by molar-refractivity contribution is 5.84. The zero-order valence-electron chi connectivity index (χ0n) is 13.0. The van der Waals surface area contributed by atoms with E-state index in [1.165, 1.54) is 5.32 Å². The van der Waals surface area contributed by atoms with E-state index in [2.05, 4.69) is 0 Å². The zero-order chi connectivity index (χ0) is 20.2. The van der Waals surface area contributed by atoms with Gasteiger partial charge in [0.2, 0.25) is 0 Å². The molecule has 0 aliphatic carbocycles. The quantitative estimate of drug-likeness (QED) is 0.506. The van der Waals surface area contributed by atoms with Gasteiger partial charge in [-0.3, -0.25) is 4.79 Å². The van der Waals surface area contributed by atoms with Gasteiger partial charge >= 0.3 is 23.9 Å². The molecule has 0 heterocycles. The van der Waals surface area contributed by atoms with E-state index in [1.807, 2.05) is 0 Å². The van der Waals surface area contributed by atoms with Crippen molar-refractivity contribution in [3.8, 4) is 0 Å². The second-order valence-corrected chi connectivity index (χ2v) is 5.42. The first-order valence-electron chi connectivity index (χ1n) is 7.27. The van der Waals surface area contributed by atoms with Gasteiger partial charge in [-0.2, -0.15) is 39.5 Å². The number of amides is 1. The summed E-state index contributed by atoms with van der Waals surface area (Å²) in [5.74, 6) is -23.2. The van der Waals surface area contributed by atoms with Crippen LogP contribution in [0.25, 0.3) is 0 Å². The summed E-state index contributed by atoms with van der Waals surface area (Å²) in [6.45, 7) is -0.588. The van der Waals surface area contributed by atoms with Crippen molar-refractivity contribution in [3.05, 3.63) is 35.9 Å². The highest BCUT2D eigenvalue weighted by atomic mass is 19.4. The molecule has 0 saturated carbocycles. The highest BCUT2D eigenvalue weighted by Gasteiger charge is 2.83. The Hall–Kier alpha value is -1.94. The molecule has 0 fully saturated rings. The SMILES string of the molecule is O=C(NCCCCc1ccccc1)C(F)(F)C(F)(F)C(F)(F)C(F)(F)F. The molecule has 0 aliphatic heterocycles. The predicted octanol–water partition coefficient (Wildman–Crippen LogP) is 4.59. The van der Waals surface area contributed by atoms with E-state index in [9.17, 15) is 44.3 Å². The van der Waals surface area contributed by atoms with Crippen LogP contribution in [0.3, 0.4) is 0 Å². The number of hydrogen-bond acceptors (Lipinski definition) is 1. The number of carbonyl (C=O) groups is 1. The maximum absolute atomic E-state index is 13.3.